The van der Waals surface area contributed by atoms with Crippen LogP contribution in [0.25, 0.3) is 0 Å². The first kappa shape index (κ1) is 19.0. The van der Waals surface area contributed by atoms with Crippen LogP contribution in [0.1, 0.15) is 18.9 Å². The summed E-state index contributed by atoms with van der Waals surface area (Å²) in [6, 6.07) is 12.4. The molecule has 8 heteroatoms. The van der Waals surface area contributed by atoms with E-state index in [-0.39, 0.29) is 25.7 Å². The molecule has 1 aliphatic rings. The molecule has 1 heterocycles. The van der Waals surface area contributed by atoms with E-state index in [1.807, 2.05) is 19.1 Å². The molecule has 144 valence electrons. The smallest absolute Gasteiger partial charge is 0.232 e. The van der Waals surface area contributed by atoms with Gasteiger partial charge in [0.25, 0.3) is 0 Å². The number of anilines is 2. The number of benzene rings is 2. The minimum Gasteiger partial charge on any atom is -0.454 e. The summed E-state index contributed by atoms with van der Waals surface area (Å²) in [6.07, 6.45) is 2.03. The average Bonchev–Trinajstić information content (AvgIpc) is 3.09. The summed E-state index contributed by atoms with van der Waals surface area (Å²) >= 11 is 0. The first-order chi connectivity index (χ1) is 12.9. The molecule has 0 saturated carbocycles. The molecule has 0 saturated heterocycles. The number of hydrogen-bond donors (Lipinski definition) is 1. The zero-order chi connectivity index (χ0) is 19.4. The van der Waals surface area contributed by atoms with Gasteiger partial charge in [0, 0.05) is 24.7 Å². The van der Waals surface area contributed by atoms with Crippen molar-refractivity contribution in [1.29, 1.82) is 0 Å². The van der Waals surface area contributed by atoms with Crippen LogP contribution in [0.4, 0.5) is 11.4 Å². The van der Waals surface area contributed by atoms with Gasteiger partial charge >= 0.3 is 0 Å². The Kier molecular flexibility index (Phi) is 5.55. The molecule has 7 nitrogen and oxygen atoms in total. The summed E-state index contributed by atoms with van der Waals surface area (Å²) in [5.74, 6) is 0.918. The van der Waals surface area contributed by atoms with Gasteiger partial charge in [0.2, 0.25) is 22.7 Å². The van der Waals surface area contributed by atoms with Gasteiger partial charge in [-0.3, -0.25) is 9.10 Å². The highest BCUT2D eigenvalue weighted by Crippen LogP contribution is 2.34. The number of ether oxygens (including phenoxy) is 2. The van der Waals surface area contributed by atoms with E-state index in [2.05, 4.69) is 5.32 Å². The van der Waals surface area contributed by atoms with Crippen LogP contribution in [-0.4, -0.2) is 33.9 Å². The predicted octanol–water partition coefficient (Wildman–Crippen LogP) is 2.77. The van der Waals surface area contributed by atoms with Crippen molar-refractivity contribution >= 4 is 27.3 Å². The third-order valence-electron chi connectivity index (χ3n) is 4.23. The molecule has 0 atom stereocenters. The van der Waals surface area contributed by atoms with E-state index in [0.29, 0.717) is 22.9 Å². The molecular weight excluding hydrogens is 368 g/mol. The second kappa shape index (κ2) is 7.87. The van der Waals surface area contributed by atoms with E-state index in [1.165, 1.54) is 4.31 Å². The summed E-state index contributed by atoms with van der Waals surface area (Å²) in [6.45, 7) is 2.25. The molecular formula is C19H22N2O5S. The van der Waals surface area contributed by atoms with Crippen molar-refractivity contribution in [2.45, 2.75) is 19.8 Å². The SMILES string of the molecule is CCc1ccc(N(CCC(=O)Nc2ccc3c(c2)OCO3)S(C)(=O)=O)cc1. The second-order valence-electron chi connectivity index (χ2n) is 6.22. The Morgan fingerprint density at radius 1 is 1.11 bits per heavy atom. The van der Waals surface area contributed by atoms with Gasteiger partial charge in [-0.25, -0.2) is 8.42 Å². The molecule has 2 aromatic rings. The number of sulfonamides is 1. The van der Waals surface area contributed by atoms with E-state index < -0.39 is 10.0 Å². The largest absolute Gasteiger partial charge is 0.454 e. The number of amides is 1. The number of rotatable bonds is 7. The van der Waals surface area contributed by atoms with E-state index in [9.17, 15) is 13.2 Å². The van der Waals surface area contributed by atoms with E-state index >= 15 is 0 Å². The molecule has 0 unspecified atom stereocenters. The monoisotopic (exact) mass is 390 g/mol. The van der Waals surface area contributed by atoms with Gasteiger partial charge in [-0.05, 0) is 36.2 Å². The molecule has 0 fully saturated rings. The summed E-state index contributed by atoms with van der Waals surface area (Å²) in [5.41, 5.74) is 2.24. The summed E-state index contributed by atoms with van der Waals surface area (Å²) in [7, 11) is -3.50. The molecule has 1 amide bonds. The minimum absolute atomic E-state index is 0.0248. The molecule has 27 heavy (non-hydrogen) atoms. The predicted molar refractivity (Wildman–Crippen MR) is 104 cm³/mol. The van der Waals surface area contributed by atoms with Crippen LogP contribution in [0.2, 0.25) is 0 Å². The van der Waals surface area contributed by atoms with Crippen molar-refractivity contribution in [2.75, 3.05) is 29.2 Å². The third-order valence-corrected chi connectivity index (χ3v) is 5.43. The van der Waals surface area contributed by atoms with Crippen LogP contribution in [0.15, 0.2) is 42.5 Å². The Balaban J connectivity index is 1.65. The zero-order valence-electron chi connectivity index (χ0n) is 15.3. The van der Waals surface area contributed by atoms with Crippen LogP contribution in [-0.2, 0) is 21.2 Å². The lowest BCUT2D eigenvalue weighted by molar-refractivity contribution is -0.116. The van der Waals surface area contributed by atoms with Gasteiger partial charge < -0.3 is 14.8 Å². The van der Waals surface area contributed by atoms with Crippen molar-refractivity contribution in [1.82, 2.24) is 0 Å². The zero-order valence-corrected chi connectivity index (χ0v) is 16.1. The number of nitrogens with one attached hydrogen (secondary N) is 1. The average molecular weight is 390 g/mol. The highest BCUT2D eigenvalue weighted by molar-refractivity contribution is 7.92. The van der Waals surface area contributed by atoms with Crippen molar-refractivity contribution < 1.29 is 22.7 Å². The molecule has 0 bridgehead atoms. The molecule has 1 N–H and O–H groups in total. The van der Waals surface area contributed by atoms with Gasteiger partial charge in [0.15, 0.2) is 11.5 Å². The molecule has 0 aliphatic carbocycles. The Morgan fingerprint density at radius 3 is 2.48 bits per heavy atom. The maximum absolute atomic E-state index is 12.3. The van der Waals surface area contributed by atoms with Gasteiger partial charge in [-0.15, -0.1) is 0 Å². The topological polar surface area (TPSA) is 84.9 Å². The van der Waals surface area contributed by atoms with E-state index in [1.54, 1.807) is 30.3 Å². The Bertz CT molecular complexity index is 926. The van der Waals surface area contributed by atoms with E-state index in [0.717, 1.165) is 18.2 Å². The van der Waals surface area contributed by atoms with E-state index in [4.69, 9.17) is 9.47 Å². The first-order valence-corrected chi connectivity index (χ1v) is 10.5. The summed E-state index contributed by atoms with van der Waals surface area (Å²) < 4.78 is 36.1. The molecule has 2 aromatic carbocycles. The second-order valence-corrected chi connectivity index (χ2v) is 8.13. The normalized spacial score (nSPS) is 12.7. The van der Waals surface area contributed by atoms with Crippen molar-refractivity contribution in [3.8, 4) is 11.5 Å². The highest BCUT2D eigenvalue weighted by atomic mass is 32.2. The molecule has 1 aliphatic heterocycles. The summed E-state index contributed by atoms with van der Waals surface area (Å²) in [5, 5.41) is 2.75. The number of hydrogen-bond acceptors (Lipinski definition) is 5. The van der Waals surface area contributed by atoms with Crippen LogP contribution < -0.4 is 19.1 Å². The fraction of sp³-hybridized carbons (Fsp3) is 0.316. The van der Waals surface area contributed by atoms with Crippen LogP contribution >= 0.6 is 0 Å². The van der Waals surface area contributed by atoms with Gasteiger partial charge in [-0.1, -0.05) is 19.1 Å². The third kappa shape index (κ3) is 4.71. The molecule has 0 radical (unpaired) electrons. The Hall–Kier alpha value is -2.74. The molecule has 0 spiro atoms. The highest BCUT2D eigenvalue weighted by Gasteiger charge is 2.19. The lowest BCUT2D eigenvalue weighted by Crippen LogP contribution is -2.33. The fourth-order valence-electron chi connectivity index (χ4n) is 2.79. The quantitative estimate of drug-likeness (QED) is 0.786. The van der Waals surface area contributed by atoms with Gasteiger partial charge in [0.1, 0.15) is 0 Å². The van der Waals surface area contributed by atoms with Gasteiger partial charge in [0.05, 0.1) is 11.9 Å². The maximum atomic E-state index is 12.3. The van der Waals surface area contributed by atoms with Crippen LogP contribution in [0.5, 0.6) is 11.5 Å². The first-order valence-electron chi connectivity index (χ1n) is 8.63. The number of carbonyl (C=O) groups excluding carboxylic acids is 1. The standard InChI is InChI=1S/C19H22N2O5S/c1-3-14-4-7-16(8-5-14)21(27(2,23)24)11-10-19(22)20-15-6-9-17-18(12-15)26-13-25-17/h4-9,12H,3,10-11,13H2,1-2H3,(H,20,22). The lowest BCUT2D eigenvalue weighted by Gasteiger charge is -2.22. The number of carbonyl (C=O) groups is 1. The number of fused-ring (bicyclic) bond motifs is 1. The lowest BCUT2D eigenvalue weighted by atomic mass is 10.1. The van der Waals surface area contributed by atoms with Crippen LogP contribution in [0, 0.1) is 0 Å². The van der Waals surface area contributed by atoms with Crippen molar-refractivity contribution in [3.63, 3.8) is 0 Å². The minimum atomic E-state index is -3.50. The van der Waals surface area contributed by atoms with Crippen LogP contribution in [0.3, 0.4) is 0 Å². The van der Waals surface area contributed by atoms with Gasteiger partial charge in [-0.2, -0.15) is 0 Å². The Morgan fingerprint density at radius 2 is 1.81 bits per heavy atom. The number of nitrogens with zero attached hydrogens (tertiary/aromatic N) is 1. The maximum Gasteiger partial charge on any atom is 0.232 e. The molecule has 0 aromatic heterocycles. The summed E-state index contributed by atoms with van der Waals surface area (Å²) in [4.78, 5) is 12.3. The fourth-order valence-corrected chi connectivity index (χ4v) is 3.71. The Labute approximate surface area is 158 Å². The van der Waals surface area contributed by atoms with Crippen molar-refractivity contribution in [2.24, 2.45) is 0 Å². The van der Waals surface area contributed by atoms with Crippen molar-refractivity contribution in [3.05, 3.63) is 48.0 Å². The molecule has 3 rings (SSSR count). The number of aryl methyl sites for hydroxylation is 1.